The van der Waals surface area contributed by atoms with Crippen molar-refractivity contribution >= 4 is 28.5 Å². The zero-order valence-electron chi connectivity index (χ0n) is 20.3. The molecule has 1 saturated carbocycles. The summed E-state index contributed by atoms with van der Waals surface area (Å²) in [5.41, 5.74) is 9.71. The maximum atomic E-state index is 6.48. The number of halogens is 1. The first kappa shape index (κ1) is 21.6. The first-order chi connectivity index (χ1) is 17.6. The van der Waals surface area contributed by atoms with Crippen molar-refractivity contribution in [1.82, 2.24) is 29.7 Å². The quantitative estimate of drug-likeness (QED) is 0.335. The van der Waals surface area contributed by atoms with Gasteiger partial charge in [-0.2, -0.15) is 5.10 Å². The van der Waals surface area contributed by atoms with Crippen molar-refractivity contribution in [3.63, 3.8) is 0 Å². The molecule has 0 atom stereocenters. The highest BCUT2D eigenvalue weighted by atomic mass is 35.5. The van der Waals surface area contributed by atoms with Crippen LogP contribution in [0.2, 0.25) is 5.02 Å². The minimum absolute atomic E-state index is 0.608. The minimum Gasteiger partial charge on any atom is -0.360 e. The van der Waals surface area contributed by atoms with Gasteiger partial charge in [0.25, 0.3) is 0 Å². The molecule has 5 heterocycles. The molecule has 1 aromatic carbocycles. The summed E-state index contributed by atoms with van der Waals surface area (Å²) >= 11 is 6.48. The van der Waals surface area contributed by atoms with Crippen LogP contribution >= 0.6 is 11.6 Å². The summed E-state index contributed by atoms with van der Waals surface area (Å²) in [5, 5.41) is 6.77. The molecule has 1 fully saturated rings. The van der Waals surface area contributed by atoms with Gasteiger partial charge in [-0.1, -0.05) is 29.8 Å². The number of benzene rings is 1. The van der Waals surface area contributed by atoms with E-state index in [1.165, 1.54) is 29.5 Å². The lowest BCUT2D eigenvalue weighted by Gasteiger charge is -2.27. The van der Waals surface area contributed by atoms with Crippen LogP contribution in [0.1, 0.15) is 46.7 Å². The lowest BCUT2D eigenvalue weighted by atomic mass is 10.0. The molecule has 0 amide bonds. The summed E-state index contributed by atoms with van der Waals surface area (Å²) in [4.78, 5) is 19.8. The van der Waals surface area contributed by atoms with E-state index in [9.17, 15) is 0 Å². The van der Waals surface area contributed by atoms with Gasteiger partial charge in [-0.05, 0) is 55.4 Å². The zero-order chi connectivity index (χ0) is 24.4. The Balaban J connectivity index is 1.40. The highest BCUT2D eigenvalue weighted by Gasteiger charge is 2.30. The molecule has 5 aromatic rings. The molecule has 1 aliphatic heterocycles. The Labute approximate surface area is 214 Å². The molecular weight excluding hydrogens is 470 g/mol. The van der Waals surface area contributed by atoms with Gasteiger partial charge >= 0.3 is 0 Å². The van der Waals surface area contributed by atoms with Crippen LogP contribution in [-0.2, 0) is 13.0 Å². The molecule has 8 heteroatoms. The number of para-hydroxylation sites is 1. The van der Waals surface area contributed by atoms with Crippen LogP contribution in [0.15, 0.2) is 49.1 Å². The highest BCUT2D eigenvalue weighted by molar-refractivity contribution is 6.35. The van der Waals surface area contributed by atoms with Gasteiger partial charge in [0.05, 0.1) is 33.3 Å². The maximum Gasteiger partial charge on any atom is 0.225 e. The molecule has 36 heavy (non-hydrogen) atoms. The number of aromatic nitrogens is 6. The monoisotopic (exact) mass is 495 g/mol. The van der Waals surface area contributed by atoms with Crippen molar-refractivity contribution < 1.29 is 0 Å². The Bertz CT molecular complexity index is 1590. The highest BCUT2D eigenvalue weighted by Crippen LogP contribution is 2.40. The van der Waals surface area contributed by atoms with Gasteiger partial charge < -0.3 is 9.88 Å². The molecule has 0 saturated heterocycles. The predicted octanol–water partition coefficient (Wildman–Crippen LogP) is 5.92. The normalized spacial score (nSPS) is 15.5. The third-order valence-electron chi connectivity index (χ3n) is 7.45. The minimum atomic E-state index is 0.608. The number of aryl methyl sites for hydroxylation is 2. The number of hydrogen-bond acceptors (Lipinski definition) is 5. The number of fused-ring (bicyclic) bond motifs is 2. The Kier molecular flexibility index (Phi) is 4.89. The van der Waals surface area contributed by atoms with Crippen molar-refractivity contribution in [2.45, 2.75) is 45.6 Å². The summed E-state index contributed by atoms with van der Waals surface area (Å²) in [6.45, 7) is 5.77. The third-order valence-corrected chi connectivity index (χ3v) is 7.73. The molecule has 0 bridgehead atoms. The fraction of sp³-hybridized carbons (Fsp3) is 0.286. The molecule has 180 valence electrons. The topological polar surface area (TPSA) is 75.5 Å². The van der Waals surface area contributed by atoms with Gasteiger partial charge in [0, 0.05) is 55.2 Å². The third kappa shape index (κ3) is 3.41. The number of aromatic amines is 1. The van der Waals surface area contributed by atoms with E-state index in [0.29, 0.717) is 17.5 Å². The van der Waals surface area contributed by atoms with E-state index in [2.05, 4.69) is 46.6 Å². The van der Waals surface area contributed by atoms with E-state index in [-0.39, 0.29) is 0 Å². The standard InChI is InChI=1S/C28H26ClN7/c1-16-4-3-5-17(2)26(16)36-27(25-20-8-10-30-24(20)22(29)14-31-25)21-15-35(11-9-23(21)34-36)28-32-12-19(13-33-28)18-6-7-18/h3-5,8,10,12-14,18,30H,6-7,9,11,15H2,1-2H3. The number of nitrogens with zero attached hydrogens (tertiary/aromatic N) is 6. The van der Waals surface area contributed by atoms with E-state index >= 15 is 0 Å². The lowest BCUT2D eigenvalue weighted by Crippen LogP contribution is -2.31. The molecule has 4 aromatic heterocycles. The number of pyridine rings is 1. The molecule has 7 rings (SSSR count). The van der Waals surface area contributed by atoms with Crippen molar-refractivity contribution in [3.8, 4) is 17.1 Å². The predicted molar refractivity (Wildman–Crippen MR) is 142 cm³/mol. The fourth-order valence-corrected chi connectivity index (χ4v) is 5.62. The van der Waals surface area contributed by atoms with E-state index < -0.39 is 0 Å². The fourth-order valence-electron chi connectivity index (χ4n) is 5.42. The van der Waals surface area contributed by atoms with Crippen LogP contribution in [0.5, 0.6) is 0 Å². The first-order valence-corrected chi connectivity index (χ1v) is 12.8. The van der Waals surface area contributed by atoms with Crippen LogP contribution in [0.3, 0.4) is 0 Å². The van der Waals surface area contributed by atoms with Gasteiger partial charge in [0.2, 0.25) is 5.95 Å². The molecule has 1 aliphatic carbocycles. The van der Waals surface area contributed by atoms with E-state index in [1.54, 1.807) is 6.20 Å². The molecule has 1 N–H and O–H groups in total. The molecule has 0 radical (unpaired) electrons. The van der Waals surface area contributed by atoms with Crippen LogP contribution in [0.4, 0.5) is 5.95 Å². The van der Waals surface area contributed by atoms with Gasteiger partial charge in [0.15, 0.2) is 0 Å². The average Bonchev–Trinajstić information content (AvgIpc) is 3.49. The number of anilines is 1. The van der Waals surface area contributed by atoms with Gasteiger partial charge in [-0.25, -0.2) is 14.6 Å². The van der Waals surface area contributed by atoms with E-state index in [0.717, 1.165) is 58.1 Å². The second-order valence-corrected chi connectivity index (χ2v) is 10.3. The van der Waals surface area contributed by atoms with Crippen molar-refractivity contribution in [3.05, 3.63) is 82.0 Å². The van der Waals surface area contributed by atoms with Crippen molar-refractivity contribution in [2.24, 2.45) is 0 Å². The molecule has 0 spiro atoms. The summed E-state index contributed by atoms with van der Waals surface area (Å²) in [6.07, 6.45) is 11.0. The zero-order valence-corrected chi connectivity index (χ0v) is 21.0. The summed E-state index contributed by atoms with van der Waals surface area (Å²) in [6, 6.07) is 8.40. The molecule has 0 unspecified atom stereocenters. The van der Waals surface area contributed by atoms with Crippen LogP contribution in [-0.4, -0.2) is 36.3 Å². The van der Waals surface area contributed by atoms with Gasteiger partial charge in [-0.3, -0.25) is 4.98 Å². The summed E-state index contributed by atoms with van der Waals surface area (Å²) < 4.78 is 2.10. The summed E-state index contributed by atoms with van der Waals surface area (Å²) in [5.74, 6) is 1.42. The van der Waals surface area contributed by atoms with Crippen molar-refractivity contribution in [2.75, 3.05) is 11.4 Å². The van der Waals surface area contributed by atoms with Gasteiger partial charge in [-0.15, -0.1) is 0 Å². The first-order valence-electron chi connectivity index (χ1n) is 12.4. The van der Waals surface area contributed by atoms with Crippen LogP contribution < -0.4 is 4.90 Å². The molecule has 2 aliphatic rings. The second kappa shape index (κ2) is 8.17. The largest absolute Gasteiger partial charge is 0.360 e. The number of H-pyrrole nitrogens is 1. The maximum absolute atomic E-state index is 6.48. The molecular formula is C28H26ClN7. The van der Waals surface area contributed by atoms with E-state index in [4.69, 9.17) is 31.7 Å². The Morgan fingerprint density at radius 1 is 1.00 bits per heavy atom. The molecule has 7 nitrogen and oxygen atoms in total. The van der Waals surface area contributed by atoms with E-state index in [1.807, 2.05) is 24.7 Å². The average molecular weight is 496 g/mol. The number of nitrogens with one attached hydrogen (secondary N) is 1. The lowest BCUT2D eigenvalue weighted by molar-refractivity contribution is 0.693. The van der Waals surface area contributed by atoms with Crippen LogP contribution in [0, 0.1) is 13.8 Å². The van der Waals surface area contributed by atoms with Crippen LogP contribution in [0.25, 0.3) is 28.0 Å². The number of rotatable bonds is 4. The Morgan fingerprint density at radius 3 is 2.53 bits per heavy atom. The second-order valence-electron chi connectivity index (χ2n) is 9.91. The smallest absolute Gasteiger partial charge is 0.225 e. The van der Waals surface area contributed by atoms with Gasteiger partial charge in [0.1, 0.15) is 0 Å². The summed E-state index contributed by atoms with van der Waals surface area (Å²) in [7, 11) is 0. The Hall–Kier alpha value is -3.71. The van der Waals surface area contributed by atoms with Crippen molar-refractivity contribution in [1.29, 1.82) is 0 Å². The SMILES string of the molecule is Cc1cccc(C)c1-n1nc2c(c1-c1ncc(Cl)c3[nH]ccc13)CN(c1ncc(C3CC3)cn1)CC2. The Morgan fingerprint density at radius 2 is 1.78 bits per heavy atom. The number of hydrogen-bond donors (Lipinski definition) is 1.